The highest BCUT2D eigenvalue weighted by atomic mass is 32.2. The maximum atomic E-state index is 12.3. The van der Waals surface area contributed by atoms with Crippen LogP contribution in [0.2, 0.25) is 0 Å². The first-order chi connectivity index (χ1) is 11.1. The predicted octanol–water partition coefficient (Wildman–Crippen LogP) is 2.20. The highest BCUT2D eigenvalue weighted by Gasteiger charge is 2.16. The van der Waals surface area contributed by atoms with Gasteiger partial charge in [0, 0.05) is 26.2 Å². The summed E-state index contributed by atoms with van der Waals surface area (Å²) < 4.78 is 32.7. The van der Waals surface area contributed by atoms with Crippen LogP contribution in [-0.2, 0) is 14.8 Å². The minimum atomic E-state index is -3.42. The molecule has 5 nitrogen and oxygen atoms in total. The second-order valence-electron chi connectivity index (χ2n) is 5.93. The first-order valence-electron chi connectivity index (χ1n) is 8.46. The molecule has 1 saturated heterocycles. The molecule has 0 radical (unpaired) electrons. The van der Waals surface area contributed by atoms with Gasteiger partial charge in [-0.3, -0.25) is 4.90 Å². The van der Waals surface area contributed by atoms with E-state index >= 15 is 0 Å². The standard InChI is InChI=1S/C17H28N2O3S/c1-3-15(4-2)16-5-7-17(8-6-16)23(20,21)18-9-10-19-11-13-22-14-12-19/h5-8,15,18H,3-4,9-14H2,1-2H3. The summed E-state index contributed by atoms with van der Waals surface area (Å²) in [5.41, 5.74) is 1.21. The van der Waals surface area contributed by atoms with Crippen LogP contribution in [0.5, 0.6) is 0 Å². The Hall–Kier alpha value is -0.950. The molecule has 0 amide bonds. The number of rotatable bonds is 8. The maximum absolute atomic E-state index is 12.3. The van der Waals surface area contributed by atoms with Crippen molar-refractivity contribution in [3.8, 4) is 0 Å². The van der Waals surface area contributed by atoms with Gasteiger partial charge in [-0.2, -0.15) is 0 Å². The fraction of sp³-hybridized carbons (Fsp3) is 0.647. The number of sulfonamides is 1. The molecular weight excluding hydrogens is 312 g/mol. The van der Waals surface area contributed by atoms with Gasteiger partial charge in [0.05, 0.1) is 18.1 Å². The van der Waals surface area contributed by atoms with E-state index in [1.54, 1.807) is 12.1 Å². The molecule has 23 heavy (non-hydrogen) atoms. The number of nitrogens with one attached hydrogen (secondary N) is 1. The van der Waals surface area contributed by atoms with Crippen LogP contribution < -0.4 is 4.72 Å². The van der Waals surface area contributed by atoms with E-state index in [1.807, 2.05) is 12.1 Å². The predicted molar refractivity (Wildman–Crippen MR) is 92.2 cm³/mol. The van der Waals surface area contributed by atoms with Crippen molar-refractivity contribution in [1.82, 2.24) is 9.62 Å². The van der Waals surface area contributed by atoms with Crippen LogP contribution in [0.3, 0.4) is 0 Å². The highest BCUT2D eigenvalue weighted by molar-refractivity contribution is 7.89. The average Bonchev–Trinajstić information content (AvgIpc) is 2.57. The molecule has 0 bridgehead atoms. The van der Waals surface area contributed by atoms with Crippen LogP contribution >= 0.6 is 0 Å². The average molecular weight is 340 g/mol. The Morgan fingerprint density at radius 2 is 1.74 bits per heavy atom. The number of nitrogens with zero attached hydrogens (tertiary/aromatic N) is 1. The Bertz CT molecular complexity index is 562. The molecule has 0 unspecified atom stereocenters. The number of hydrogen-bond donors (Lipinski definition) is 1. The van der Waals surface area contributed by atoms with Crippen molar-refractivity contribution in [2.45, 2.75) is 37.5 Å². The molecule has 1 aromatic rings. The monoisotopic (exact) mass is 340 g/mol. The molecule has 1 heterocycles. The SMILES string of the molecule is CCC(CC)c1ccc(S(=O)(=O)NCCN2CCOCC2)cc1. The summed E-state index contributed by atoms with van der Waals surface area (Å²) in [6.45, 7) is 8.65. The molecule has 0 aromatic heterocycles. The first kappa shape index (κ1) is 18.4. The summed E-state index contributed by atoms with van der Waals surface area (Å²) in [5, 5.41) is 0. The Morgan fingerprint density at radius 3 is 2.30 bits per heavy atom. The zero-order valence-electron chi connectivity index (χ0n) is 14.1. The van der Waals surface area contributed by atoms with Crippen molar-refractivity contribution >= 4 is 10.0 Å². The van der Waals surface area contributed by atoms with Crippen molar-refractivity contribution in [1.29, 1.82) is 0 Å². The van der Waals surface area contributed by atoms with Gasteiger partial charge < -0.3 is 4.74 Å². The first-order valence-corrected chi connectivity index (χ1v) is 9.95. The molecular formula is C17H28N2O3S. The lowest BCUT2D eigenvalue weighted by atomic mass is 9.94. The van der Waals surface area contributed by atoms with E-state index in [1.165, 1.54) is 5.56 Å². The fourth-order valence-electron chi connectivity index (χ4n) is 2.93. The Morgan fingerprint density at radius 1 is 1.13 bits per heavy atom. The normalized spacial score (nSPS) is 16.8. The third kappa shape index (κ3) is 5.28. The van der Waals surface area contributed by atoms with Gasteiger partial charge in [0.15, 0.2) is 0 Å². The van der Waals surface area contributed by atoms with Crippen LogP contribution in [0.4, 0.5) is 0 Å². The van der Waals surface area contributed by atoms with Gasteiger partial charge in [-0.15, -0.1) is 0 Å². The lowest BCUT2D eigenvalue weighted by molar-refractivity contribution is 0.0390. The third-order valence-corrected chi connectivity index (χ3v) is 5.95. The molecule has 130 valence electrons. The van der Waals surface area contributed by atoms with Crippen LogP contribution in [0.15, 0.2) is 29.2 Å². The second-order valence-corrected chi connectivity index (χ2v) is 7.70. The van der Waals surface area contributed by atoms with E-state index in [2.05, 4.69) is 23.5 Å². The van der Waals surface area contributed by atoms with E-state index in [-0.39, 0.29) is 0 Å². The number of benzene rings is 1. The summed E-state index contributed by atoms with van der Waals surface area (Å²) >= 11 is 0. The number of hydrogen-bond acceptors (Lipinski definition) is 4. The smallest absolute Gasteiger partial charge is 0.240 e. The fourth-order valence-corrected chi connectivity index (χ4v) is 3.95. The van der Waals surface area contributed by atoms with E-state index in [9.17, 15) is 8.42 Å². The largest absolute Gasteiger partial charge is 0.379 e. The van der Waals surface area contributed by atoms with E-state index in [0.717, 1.165) is 39.1 Å². The zero-order chi connectivity index (χ0) is 16.7. The molecule has 0 spiro atoms. The molecule has 6 heteroatoms. The maximum Gasteiger partial charge on any atom is 0.240 e. The van der Waals surface area contributed by atoms with Gasteiger partial charge in [-0.05, 0) is 36.5 Å². The van der Waals surface area contributed by atoms with Crippen molar-refractivity contribution in [3.63, 3.8) is 0 Å². The quantitative estimate of drug-likeness (QED) is 0.788. The molecule has 1 aromatic carbocycles. The van der Waals surface area contributed by atoms with Crippen LogP contribution in [0.25, 0.3) is 0 Å². The topological polar surface area (TPSA) is 58.6 Å². The number of ether oxygens (including phenoxy) is 1. The Kier molecular flexibility index (Phi) is 7.02. The third-order valence-electron chi connectivity index (χ3n) is 4.47. The summed E-state index contributed by atoms with van der Waals surface area (Å²) in [6, 6.07) is 7.30. The molecule has 1 N–H and O–H groups in total. The van der Waals surface area contributed by atoms with Crippen LogP contribution in [0, 0.1) is 0 Å². The second kappa shape index (κ2) is 8.78. The van der Waals surface area contributed by atoms with Gasteiger partial charge in [0.25, 0.3) is 0 Å². The molecule has 1 aliphatic rings. The van der Waals surface area contributed by atoms with Gasteiger partial charge in [-0.25, -0.2) is 13.1 Å². The molecule has 0 saturated carbocycles. The van der Waals surface area contributed by atoms with Crippen LogP contribution in [0.1, 0.15) is 38.2 Å². The van der Waals surface area contributed by atoms with Crippen LogP contribution in [-0.4, -0.2) is 52.7 Å². The zero-order valence-corrected chi connectivity index (χ0v) is 14.9. The molecule has 1 aliphatic heterocycles. The van der Waals surface area contributed by atoms with Crippen molar-refractivity contribution in [3.05, 3.63) is 29.8 Å². The lowest BCUT2D eigenvalue weighted by Crippen LogP contribution is -2.41. The van der Waals surface area contributed by atoms with E-state index in [0.29, 0.717) is 23.9 Å². The Balaban J connectivity index is 1.90. The van der Waals surface area contributed by atoms with Crippen molar-refractivity contribution in [2.75, 3.05) is 39.4 Å². The molecule has 2 rings (SSSR count). The lowest BCUT2D eigenvalue weighted by Gasteiger charge is -2.26. The molecule has 0 atom stereocenters. The minimum Gasteiger partial charge on any atom is -0.379 e. The summed E-state index contributed by atoms with van der Waals surface area (Å²) in [6.07, 6.45) is 2.14. The van der Waals surface area contributed by atoms with Gasteiger partial charge in [0.2, 0.25) is 10.0 Å². The van der Waals surface area contributed by atoms with Crippen molar-refractivity contribution in [2.24, 2.45) is 0 Å². The van der Waals surface area contributed by atoms with Gasteiger partial charge >= 0.3 is 0 Å². The molecule has 1 fully saturated rings. The minimum absolute atomic E-state index is 0.342. The summed E-state index contributed by atoms with van der Waals surface area (Å²) in [4.78, 5) is 2.55. The van der Waals surface area contributed by atoms with Gasteiger partial charge in [-0.1, -0.05) is 26.0 Å². The van der Waals surface area contributed by atoms with E-state index < -0.39 is 10.0 Å². The summed E-state index contributed by atoms with van der Waals surface area (Å²) in [5.74, 6) is 0.501. The van der Waals surface area contributed by atoms with Gasteiger partial charge in [0.1, 0.15) is 0 Å². The highest BCUT2D eigenvalue weighted by Crippen LogP contribution is 2.23. The Labute approximate surface area is 140 Å². The summed E-state index contributed by atoms with van der Waals surface area (Å²) in [7, 11) is -3.42. The molecule has 0 aliphatic carbocycles. The number of morpholine rings is 1. The van der Waals surface area contributed by atoms with Crippen molar-refractivity contribution < 1.29 is 13.2 Å². The van der Waals surface area contributed by atoms with E-state index in [4.69, 9.17) is 4.74 Å².